The number of anilines is 1. The lowest BCUT2D eigenvalue weighted by Gasteiger charge is -2.37. The fourth-order valence-electron chi connectivity index (χ4n) is 6.91. The van der Waals surface area contributed by atoms with E-state index in [1.165, 1.54) is 0 Å². The topological polar surface area (TPSA) is 63.7 Å². The molecule has 5 nitrogen and oxygen atoms in total. The van der Waals surface area contributed by atoms with Crippen molar-refractivity contribution in [2.24, 2.45) is 5.41 Å². The molecule has 2 heterocycles. The van der Waals surface area contributed by atoms with Crippen LogP contribution in [0.2, 0.25) is 5.02 Å². The van der Waals surface area contributed by atoms with Crippen molar-refractivity contribution in [3.8, 4) is 5.75 Å². The van der Waals surface area contributed by atoms with E-state index < -0.39 is 23.4 Å². The lowest BCUT2D eigenvalue weighted by atomic mass is 9.64. The molecule has 1 spiro atoms. The van der Waals surface area contributed by atoms with Crippen LogP contribution in [0.1, 0.15) is 48.1 Å². The molecular weight excluding hydrogens is 522 g/mol. The van der Waals surface area contributed by atoms with E-state index in [0.29, 0.717) is 27.5 Å². The van der Waals surface area contributed by atoms with Gasteiger partial charge in [-0.2, -0.15) is 0 Å². The van der Waals surface area contributed by atoms with E-state index in [4.69, 9.17) is 16.3 Å². The number of carbonyl (C=O) groups is 3. The summed E-state index contributed by atoms with van der Waals surface area (Å²) >= 11 is 6.36. The van der Waals surface area contributed by atoms with Crippen molar-refractivity contribution < 1.29 is 19.1 Å². The van der Waals surface area contributed by atoms with Gasteiger partial charge < -0.3 is 9.64 Å². The summed E-state index contributed by atoms with van der Waals surface area (Å²) in [4.78, 5) is 45.8. The van der Waals surface area contributed by atoms with Crippen molar-refractivity contribution in [2.75, 3.05) is 12.0 Å². The van der Waals surface area contributed by atoms with Gasteiger partial charge in [0.05, 0.1) is 13.2 Å². The summed E-state index contributed by atoms with van der Waals surface area (Å²) in [5.74, 6) is -0.791. The second-order valence-electron chi connectivity index (χ2n) is 10.4. The predicted molar refractivity (Wildman–Crippen MR) is 155 cm³/mol. The molecule has 196 valence electrons. The van der Waals surface area contributed by atoms with Gasteiger partial charge >= 0.3 is 0 Å². The summed E-state index contributed by atoms with van der Waals surface area (Å²) in [5.41, 5.74) is 2.09. The van der Waals surface area contributed by atoms with Crippen molar-refractivity contribution in [3.05, 3.63) is 136 Å². The lowest BCUT2D eigenvalue weighted by molar-refractivity contribution is 0.0666. The Morgan fingerprint density at radius 2 is 1.50 bits per heavy atom. The molecule has 4 aromatic carbocycles. The molecule has 0 saturated carbocycles. The number of methoxy groups -OCH3 is 1. The van der Waals surface area contributed by atoms with Crippen LogP contribution < -0.4 is 9.64 Å². The maximum absolute atomic E-state index is 14.6. The Morgan fingerprint density at radius 3 is 2.15 bits per heavy atom. The fraction of sp³-hybridized carbons (Fsp3) is 0.147. The van der Waals surface area contributed by atoms with E-state index in [-0.39, 0.29) is 17.3 Å². The molecule has 40 heavy (non-hydrogen) atoms. The molecule has 1 fully saturated rings. The summed E-state index contributed by atoms with van der Waals surface area (Å²) in [6.07, 6.45) is 3.81. The van der Waals surface area contributed by atoms with Crippen molar-refractivity contribution in [2.45, 2.75) is 18.0 Å². The molecule has 0 unspecified atom stereocenters. The Hall–Kier alpha value is -4.48. The maximum atomic E-state index is 14.6. The molecule has 0 amide bonds. The molecule has 1 saturated heterocycles. The number of benzene rings is 4. The number of hydrogen-bond acceptors (Lipinski definition) is 5. The number of carbonyl (C=O) groups excluding carboxylic acids is 3. The number of fused-ring (bicyclic) bond motifs is 5. The first-order valence-corrected chi connectivity index (χ1v) is 13.5. The molecule has 3 atom stereocenters. The standard InChI is InChI=1S/C34H24ClNO4/c1-40-24-15-11-20(12-16-24)29-30(31(37)21-7-3-2-4-8-21)36-27-17-14-23(35)19-22(27)13-18-28(36)34(29)32(38)25-9-5-6-10-26(25)33(34)39/h2-19,28-30H,1H3/t28-,29-,30+/m1/s1. The zero-order valence-corrected chi connectivity index (χ0v) is 22.3. The monoisotopic (exact) mass is 545 g/mol. The third kappa shape index (κ3) is 3.24. The summed E-state index contributed by atoms with van der Waals surface area (Å²) in [5, 5.41) is 0.564. The number of nitrogens with zero attached hydrogens (tertiary/aromatic N) is 1. The molecule has 7 rings (SSSR count). The number of rotatable bonds is 4. The highest BCUT2D eigenvalue weighted by molar-refractivity contribution is 6.32. The molecule has 0 bridgehead atoms. The van der Waals surface area contributed by atoms with Crippen LogP contribution >= 0.6 is 11.6 Å². The number of ether oxygens (including phenoxy) is 1. The second-order valence-corrected chi connectivity index (χ2v) is 10.8. The molecular formula is C34H24ClNO4. The van der Waals surface area contributed by atoms with Crippen LogP contribution in [0.5, 0.6) is 5.75 Å². The molecule has 0 radical (unpaired) electrons. The van der Waals surface area contributed by atoms with Gasteiger partial charge in [0.15, 0.2) is 17.3 Å². The normalized spacial score (nSPS) is 21.8. The fourth-order valence-corrected chi connectivity index (χ4v) is 7.09. The SMILES string of the molecule is COc1ccc([C@@H]2[C@@H](C(=O)c3ccccc3)N3c4ccc(Cl)cc4C=C[C@@H]3C23C(=O)c2ccccc2C3=O)cc1. The van der Waals surface area contributed by atoms with Gasteiger partial charge in [0.25, 0.3) is 0 Å². The van der Waals surface area contributed by atoms with E-state index in [2.05, 4.69) is 0 Å². The number of hydrogen-bond donors (Lipinski definition) is 0. The van der Waals surface area contributed by atoms with E-state index in [0.717, 1.165) is 16.8 Å². The minimum absolute atomic E-state index is 0.156. The Bertz CT molecular complexity index is 1690. The van der Waals surface area contributed by atoms with Gasteiger partial charge in [-0.25, -0.2) is 0 Å². The van der Waals surface area contributed by atoms with Gasteiger partial charge in [-0.15, -0.1) is 0 Å². The highest BCUT2D eigenvalue weighted by Gasteiger charge is 2.71. The summed E-state index contributed by atoms with van der Waals surface area (Å²) in [7, 11) is 1.58. The van der Waals surface area contributed by atoms with Crippen LogP contribution in [-0.2, 0) is 0 Å². The van der Waals surface area contributed by atoms with Gasteiger partial charge in [0, 0.05) is 33.3 Å². The summed E-state index contributed by atoms with van der Waals surface area (Å²) < 4.78 is 5.40. The Morgan fingerprint density at radius 1 is 0.850 bits per heavy atom. The first-order valence-electron chi connectivity index (χ1n) is 13.1. The number of Topliss-reactive ketones (excluding diaryl/α,β-unsaturated/α-hetero) is 3. The Labute approximate surface area is 236 Å². The number of halogens is 1. The second kappa shape index (κ2) is 9.04. The lowest BCUT2D eigenvalue weighted by Crippen LogP contribution is -2.48. The molecule has 1 aliphatic carbocycles. The van der Waals surface area contributed by atoms with Crippen LogP contribution in [-0.4, -0.2) is 36.5 Å². The van der Waals surface area contributed by atoms with Crippen molar-refractivity contribution >= 4 is 40.7 Å². The van der Waals surface area contributed by atoms with Gasteiger partial charge in [-0.05, 0) is 41.5 Å². The first kappa shape index (κ1) is 24.6. The first-order chi connectivity index (χ1) is 19.5. The molecule has 0 aromatic heterocycles. The molecule has 4 aromatic rings. The van der Waals surface area contributed by atoms with Crippen molar-refractivity contribution in [3.63, 3.8) is 0 Å². The van der Waals surface area contributed by atoms with Crippen LogP contribution in [0.4, 0.5) is 5.69 Å². The van der Waals surface area contributed by atoms with E-state index in [9.17, 15) is 14.4 Å². The van der Waals surface area contributed by atoms with E-state index >= 15 is 0 Å². The van der Waals surface area contributed by atoms with Crippen LogP contribution in [0.3, 0.4) is 0 Å². The Kier molecular flexibility index (Phi) is 5.55. The van der Waals surface area contributed by atoms with Gasteiger partial charge in [0.1, 0.15) is 17.2 Å². The molecule has 6 heteroatoms. The molecule has 2 aliphatic heterocycles. The zero-order valence-electron chi connectivity index (χ0n) is 21.6. The molecule has 3 aliphatic rings. The van der Waals surface area contributed by atoms with E-state index in [1.54, 1.807) is 49.6 Å². The van der Waals surface area contributed by atoms with Gasteiger partial charge in [-0.3, -0.25) is 14.4 Å². The largest absolute Gasteiger partial charge is 0.497 e. The van der Waals surface area contributed by atoms with E-state index in [1.807, 2.05) is 71.6 Å². The third-order valence-electron chi connectivity index (χ3n) is 8.57. The Balaban J connectivity index is 1.54. The minimum Gasteiger partial charge on any atom is -0.497 e. The highest BCUT2D eigenvalue weighted by Crippen LogP contribution is 2.61. The maximum Gasteiger partial charge on any atom is 0.185 e. The summed E-state index contributed by atoms with van der Waals surface area (Å²) in [6, 6.07) is 27.4. The smallest absolute Gasteiger partial charge is 0.185 e. The van der Waals surface area contributed by atoms with Crippen LogP contribution in [0, 0.1) is 5.41 Å². The van der Waals surface area contributed by atoms with Gasteiger partial charge in [-0.1, -0.05) is 90.5 Å². The predicted octanol–water partition coefficient (Wildman–Crippen LogP) is 6.66. The zero-order chi connectivity index (χ0) is 27.6. The van der Waals surface area contributed by atoms with Crippen LogP contribution in [0.25, 0.3) is 6.08 Å². The quantitative estimate of drug-likeness (QED) is 0.212. The molecule has 0 N–H and O–H groups in total. The minimum atomic E-state index is -1.54. The van der Waals surface area contributed by atoms with Gasteiger partial charge in [0.2, 0.25) is 0 Å². The third-order valence-corrected chi connectivity index (χ3v) is 8.80. The average molecular weight is 546 g/mol. The summed E-state index contributed by atoms with van der Waals surface area (Å²) in [6.45, 7) is 0. The number of ketones is 3. The van der Waals surface area contributed by atoms with Crippen molar-refractivity contribution in [1.29, 1.82) is 0 Å². The van der Waals surface area contributed by atoms with Crippen molar-refractivity contribution in [1.82, 2.24) is 0 Å². The van der Waals surface area contributed by atoms with Crippen LogP contribution in [0.15, 0.2) is 103 Å². The average Bonchev–Trinajstić information content (AvgIpc) is 3.43. The highest BCUT2D eigenvalue weighted by atomic mass is 35.5.